The lowest BCUT2D eigenvalue weighted by molar-refractivity contribution is 0.265. The number of rotatable bonds is 5. The molecule has 0 spiro atoms. The van der Waals surface area contributed by atoms with Crippen LogP contribution in [0.15, 0.2) is 54.6 Å². The minimum absolute atomic E-state index is 0.114. The Morgan fingerprint density at radius 3 is 2.58 bits per heavy atom. The van der Waals surface area contributed by atoms with Crippen LogP contribution in [0, 0.1) is 5.82 Å². The second kappa shape index (κ2) is 6.71. The van der Waals surface area contributed by atoms with Crippen LogP contribution in [0.25, 0.3) is 6.08 Å². The summed E-state index contributed by atoms with van der Waals surface area (Å²) in [6.45, 7) is 0.0122. The first-order valence-corrected chi connectivity index (χ1v) is 6.04. The summed E-state index contributed by atoms with van der Waals surface area (Å²) in [5, 5.41) is 9.11. The van der Waals surface area contributed by atoms with Crippen molar-refractivity contribution in [2.24, 2.45) is 0 Å². The number of aliphatic hydroxyl groups excluding tert-OH is 1. The quantitative estimate of drug-likeness (QED) is 0.890. The first-order valence-electron chi connectivity index (χ1n) is 6.04. The predicted octanol–water partition coefficient (Wildman–Crippen LogP) is 3.41. The standard InChI is InChI=1S/C16H15FO2/c17-15-10-4-9-14(12-18)16(15)19-11-5-8-13-6-2-1-3-7-13/h1-10,18H,11-12H2/b8-5+. The topological polar surface area (TPSA) is 29.5 Å². The van der Waals surface area contributed by atoms with Crippen molar-refractivity contribution in [3.05, 3.63) is 71.6 Å². The summed E-state index contributed by atoms with van der Waals surface area (Å²) in [5.74, 6) is -0.345. The van der Waals surface area contributed by atoms with Crippen molar-refractivity contribution in [1.82, 2.24) is 0 Å². The minimum atomic E-state index is -0.459. The van der Waals surface area contributed by atoms with Crippen molar-refractivity contribution in [3.63, 3.8) is 0 Å². The maximum Gasteiger partial charge on any atom is 0.165 e. The van der Waals surface area contributed by atoms with E-state index in [0.29, 0.717) is 5.56 Å². The molecular weight excluding hydrogens is 243 g/mol. The molecule has 0 radical (unpaired) electrons. The average Bonchev–Trinajstić information content (AvgIpc) is 2.46. The molecule has 0 aliphatic heterocycles. The van der Waals surface area contributed by atoms with Crippen molar-refractivity contribution >= 4 is 6.08 Å². The molecule has 0 aromatic heterocycles. The Hall–Kier alpha value is -2.13. The van der Waals surface area contributed by atoms with Crippen molar-refractivity contribution in [1.29, 1.82) is 0 Å². The van der Waals surface area contributed by atoms with Gasteiger partial charge in [-0.25, -0.2) is 4.39 Å². The molecule has 2 nitrogen and oxygen atoms in total. The fraction of sp³-hybridized carbons (Fsp3) is 0.125. The molecule has 0 atom stereocenters. The van der Waals surface area contributed by atoms with Crippen LogP contribution in [0.2, 0.25) is 0 Å². The third-order valence-electron chi connectivity index (χ3n) is 2.65. The number of para-hydroxylation sites is 1. The Morgan fingerprint density at radius 1 is 1.05 bits per heavy atom. The van der Waals surface area contributed by atoms with E-state index in [2.05, 4.69) is 0 Å². The van der Waals surface area contributed by atoms with Crippen molar-refractivity contribution in [3.8, 4) is 5.75 Å². The largest absolute Gasteiger partial charge is 0.486 e. The van der Waals surface area contributed by atoms with Gasteiger partial charge in [0.25, 0.3) is 0 Å². The zero-order chi connectivity index (χ0) is 13.5. The maximum atomic E-state index is 13.5. The highest BCUT2D eigenvalue weighted by Crippen LogP contribution is 2.22. The number of benzene rings is 2. The van der Waals surface area contributed by atoms with Crippen LogP contribution in [0.1, 0.15) is 11.1 Å². The van der Waals surface area contributed by atoms with E-state index < -0.39 is 5.82 Å². The van der Waals surface area contributed by atoms with Gasteiger partial charge in [0.15, 0.2) is 11.6 Å². The number of hydrogen-bond donors (Lipinski definition) is 1. The Balaban J connectivity index is 1.98. The van der Waals surface area contributed by atoms with Crippen LogP contribution < -0.4 is 4.74 Å². The van der Waals surface area contributed by atoms with Gasteiger partial charge in [0.1, 0.15) is 6.61 Å². The van der Waals surface area contributed by atoms with Gasteiger partial charge in [-0.1, -0.05) is 48.5 Å². The minimum Gasteiger partial charge on any atom is -0.486 e. The summed E-state index contributed by atoms with van der Waals surface area (Å²) >= 11 is 0. The van der Waals surface area contributed by atoms with Crippen LogP contribution in [0.5, 0.6) is 5.75 Å². The van der Waals surface area contributed by atoms with E-state index in [-0.39, 0.29) is 19.0 Å². The van der Waals surface area contributed by atoms with Gasteiger partial charge in [-0.05, 0) is 17.7 Å². The molecule has 0 fully saturated rings. The van der Waals surface area contributed by atoms with Gasteiger partial charge in [-0.15, -0.1) is 0 Å². The maximum absolute atomic E-state index is 13.5. The Morgan fingerprint density at radius 2 is 1.84 bits per heavy atom. The molecular formula is C16H15FO2. The Bertz CT molecular complexity index is 550. The summed E-state index contributed by atoms with van der Waals surface area (Å²) in [4.78, 5) is 0. The van der Waals surface area contributed by atoms with Gasteiger partial charge in [0.2, 0.25) is 0 Å². The van der Waals surface area contributed by atoms with E-state index in [4.69, 9.17) is 9.84 Å². The van der Waals surface area contributed by atoms with Gasteiger partial charge in [-0.3, -0.25) is 0 Å². The number of hydrogen-bond acceptors (Lipinski definition) is 2. The third kappa shape index (κ3) is 3.66. The van der Waals surface area contributed by atoms with E-state index in [1.54, 1.807) is 12.1 Å². The lowest BCUT2D eigenvalue weighted by Crippen LogP contribution is -2.00. The average molecular weight is 258 g/mol. The van der Waals surface area contributed by atoms with E-state index in [1.165, 1.54) is 6.07 Å². The van der Waals surface area contributed by atoms with E-state index in [9.17, 15) is 4.39 Å². The molecule has 2 rings (SSSR count). The molecule has 0 aliphatic rings. The summed E-state index contributed by atoms with van der Waals surface area (Å²) in [6.07, 6.45) is 3.71. The van der Waals surface area contributed by atoms with Gasteiger partial charge in [0, 0.05) is 5.56 Å². The highest BCUT2D eigenvalue weighted by molar-refractivity contribution is 5.48. The van der Waals surface area contributed by atoms with Gasteiger partial charge >= 0.3 is 0 Å². The number of halogens is 1. The molecule has 1 N–H and O–H groups in total. The highest BCUT2D eigenvalue weighted by atomic mass is 19.1. The third-order valence-corrected chi connectivity index (χ3v) is 2.65. The molecule has 0 heterocycles. The van der Waals surface area contributed by atoms with Crippen LogP contribution in [0.3, 0.4) is 0 Å². The molecule has 0 aliphatic carbocycles. The number of ether oxygens (including phenoxy) is 1. The Kier molecular flexibility index (Phi) is 4.70. The summed E-state index contributed by atoms with van der Waals surface area (Å²) in [5.41, 5.74) is 1.51. The summed E-state index contributed by atoms with van der Waals surface area (Å²) in [6, 6.07) is 14.3. The van der Waals surface area contributed by atoms with E-state index >= 15 is 0 Å². The fourth-order valence-corrected chi connectivity index (χ4v) is 1.72. The van der Waals surface area contributed by atoms with Gasteiger partial charge in [0.05, 0.1) is 6.61 Å². The SMILES string of the molecule is OCc1cccc(F)c1OC/C=C/c1ccccc1. The molecule has 3 heteroatoms. The fourth-order valence-electron chi connectivity index (χ4n) is 1.72. The molecule has 0 amide bonds. The van der Waals surface area contributed by atoms with Crippen molar-refractivity contribution in [2.75, 3.05) is 6.61 Å². The van der Waals surface area contributed by atoms with E-state index in [0.717, 1.165) is 5.56 Å². The van der Waals surface area contributed by atoms with Crippen LogP contribution in [-0.2, 0) is 6.61 Å². The second-order valence-corrected chi connectivity index (χ2v) is 4.01. The predicted molar refractivity (Wildman–Crippen MR) is 73.3 cm³/mol. The normalized spacial score (nSPS) is 10.8. The lowest BCUT2D eigenvalue weighted by atomic mass is 10.2. The van der Waals surface area contributed by atoms with Crippen LogP contribution >= 0.6 is 0 Å². The highest BCUT2D eigenvalue weighted by Gasteiger charge is 2.07. The Labute approximate surface area is 111 Å². The van der Waals surface area contributed by atoms with Crippen LogP contribution in [0.4, 0.5) is 4.39 Å². The molecule has 98 valence electrons. The molecule has 0 saturated heterocycles. The van der Waals surface area contributed by atoms with Crippen molar-refractivity contribution < 1.29 is 14.2 Å². The van der Waals surface area contributed by atoms with E-state index in [1.807, 2.05) is 42.5 Å². The van der Waals surface area contributed by atoms with Gasteiger partial charge in [-0.2, -0.15) is 0 Å². The van der Waals surface area contributed by atoms with Gasteiger partial charge < -0.3 is 9.84 Å². The first kappa shape index (κ1) is 13.3. The lowest BCUT2D eigenvalue weighted by Gasteiger charge is -2.08. The smallest absolute Gasteiger partial charge is 0.165 e. The molecule has 0 bridgehead atoms. The second-order valence-electron chi connectivity index (χ2n) is 4.01. The zero-order valence-electron chi connectivity index (χ0n) is 10.4. The molecule has 0 saturated carbocycles. The first-order chi connectivity index (χ1) is 9.31. The monoisotopic (exact) mass is 258 g/mol. The molecule has 2 aromatic rings. The number of aliphatic hydroxyl groups is 1. The van der Waals surface area contributed by atoms with Crippen LogP contribution in [-0.4, -0.2) is 11.7 Å². The summed E-state index contributed by atoms with van der Waals surface area (Å²) in [7, 11) is 0. The zero-order valence-corrected chi connectivity index (χ0v) is 10.4. The molecule has 0 unspecified atom stereocenters. The van der Waals surface area contributed by atoms with Crippen molar-refractivity contribution in [2.45, 2.75) is 6.61 Å². The molecule has 2 aromatic carbocycles. The summed E-state index contributed by atoms with van der Waals surface area (Å²) < 4.78 is 18.9. The molecule has 19 heavy (non-hydrogen) atoms.